The van der Waals surface area contributed by atoms with Crippen molar-refractivity contribution in [1.82, 2.24) is 4.31 Å². The van der Waals surface area contributed by atoms with Gasteiger partial charge in [-0.05, 0) is 33.3 Å². The number of amides is 1. The number of carbonyl (C=O) groups is 1. The summed E-state index contributed by atoms with van der Waals surface area (Å²) >= 11 is 0. The van der Waals surface area contributed by atoms with Gasteiger partial charge in [0.15, 0.2) is 4.90 Å². The average molecular weight is 400 g/mol. The highest BCUT2D eigenvalue weighted by Crippen LogP contribution is 2.28. The van der Waals surface area contributed by atoms with Crippen molar-refractivity contribution in [2.24, 2.45) is 0 Å². The van der Waals surface area contributed by atoms with Crippen LogP contribution in [0.5, 0.6) is 0 Å². The first-order valence-electron chi connectivity index (χ1n) is 9.00. The first-order valence-corrected chi connectivity index (χ1v) is 10.4. The van der Waals surface area contributed by atoms with E-state index in [9.17, 15) is 23.3 Å². The number of carbonyl (C=O) groups excluding carboxylic acids is 1. The van der Waals surface area contributed by atoms with E-state index in [-0.39, 0.29) is 6.54 Å². The van der Waals surface area contributed by atoms with E-state index in [2.05, 4.69) is 6.92 Å². The molecular weight excluding hydrogens is 372 g/mol. The maximum Gasteiger partial charge on any atom is 0.424 e. The molecule has 27 heavy (non-hydrogen) atoms. The fourth-order valence-corrected chi connectivity index (χ4v) is 3.92. The molecule has 0 aliphatic heterocycles. The minimum atomic E-state index is -4.42. The fourth-order valence-electron chi connectivity index (χ4n) is 2.43. The molecule has 1 amide bonds. The highest BCUT2D eigenvalue weighted by molar-refractivity contribution is 7.89. The molecule has 1 aromatic carbocycles. The number of nitro benzene ring substituents is 1. The summed E-state index contributed by atoms with van der Waals surface area (Å²) in [6, 6.07) is 4.98. The van der Waals surface area contributed by atoms with Crippen LogP contribution in [0.4, 0.5) is 10.5 Å². The second-order valence-corrected chi connectivity index (χ2v) is 9.03. The summed E-state index contributed by atoms with van der Waals surface area (Å²) in [4.78, 5) is 22.5. The van der Waals surface area contributed by atoms with E-state index >= 15 is 0 Å². The number of unbranched alkanes of at least 4 members (excludes halogenated alkanes) is 4. The second kappa shape index (κ2) is 9.68. The summed E-state index contributed by atoms with van der Waals surface area (Å²) < 4.78 is 31.9. The molecule has 0 N–H and O–H groups in total. The molecule has 0 bridgehead atoms. The van der Waals surface area contributed by atoms with Gasteiger partial charge in [0.05, 0.1) is 4.92 Å². The highest BCUT2D eigenvalue weighted by atomic mass is 32.2. The third-order valence-corrected chi connectivity index (χ3v) is 5.50. The van der Waals surface area contributed by atoms with Crippen LogP contribution in [0.3, 0.4) is 0 Å². The Morgan fingerprint density at radius 2 is 1.74 bits per heavy atom. The van der Waals surface area contributed by atoms with E-state index in [1.807, 2.05) is 0 Å². The van der Waals surface area contributed by atoms with Crippen molar-refractivity contribution in [1.29, 1.82) is 0 Å². The van der Waals surface area contributed by atoms with Crippen molar-refractivity contribution in [2.75, 3.05) is 6.54 Å². The molecule has 0 atom stereocenters. The van der Waals surface area contributed by atoms with Crippen molar-refractivity contribution < 1.29 is 22.9 Å². The van der Waals surface area contributed by atoms with Gasteiger partial charge >= 0.3 is 6.09 Å². The standard InChI is InChI=1S/C18H28N2O6S/c1-5-6-7-8-11-14-19(17(21)26-18(2,3)4)27(24,25)16-13-10-9-12-15(16)20(22)23/h9-10,12-13H,5-8,11,14H2,1-4H3. The van der Waals surface area contributed by atoms with Gasteiger partial charge in [0.2, 0.25) is 0 Å². The van der Waals surface area contributed by atoms with Crippen LogP contribution in [0, 0.1) is 10.1 Å². The average Bonchev–Trinajstić information content (AvgIpc) is 2.56. The largest absolute Gasteiger partial charge is 0.443 e. The molecule has 9 heteroatoms. The minimum absolute atomic E-state index is 0.0903. The topological polar surface area (TPSA) is 107 Å². The predicted molar refractivity (Wildman–Crippen MR) is 102 cm³/mol. The van der Waals surface area contributed by atoms with Crippen LogP contribution >= 0.6 is 0 Å². The number of nitro groups is 1. The summed E-state index contributed by atoms with van der Waals surface area (Å²) in [6.07, 6.45) is 3.15. The van der Waals surface area contributed by atoms with Crippen LogP contribution < -0.4 is 0 Å². The fraction of sp³-hybridized carbons (Fsp3) is 0.611. The molecule has 0 unspecified atom stereocenters. The molecule has 0 saturated carbocycles. The Morgan fingerprint density at radius 1 is 1.15 bits per heavy atom. The molecule has 1 aromatic rings. The molecule has 0 aliphatic carbocycles. The molecule has 0 heterocycles. The van der Waals surface area contributed by atoms with Gasteiger partial charge in [-0.15, -0.1) is 0 Å². The van der Waals surface area contributed by atoms with Crippen LogP contribution in [0.25, 0.3) is 0 Å². The van der Waals surface area contributed by atoms with Gasteiger partial charge < -0.3 is 4.74 Å². The molecule has 1 rings (SSSR count). The van der Waals surface area contributed by atoms with Crippen molar-refractivity contribution in [3.63, 3.8) is 0 Å². The molecule has 0 radical (unpaired) electrons. The zero-order valence-electron chi connectivity index (χ0n) is 16.3. The Balaban J connectivity index is 3.19. The Morgan fingerprint density at radius 3 is 2.30 bits per heavy atom. The zero-order valence-corrected chi connectivity index (χ0v) is 17.1. The Labute approximate surface area is 160 Å². The Hall–Kier alpha value is -2.16. The molecule has 152 valence electrons. The monoisotopic (exact) mass is 400 g/mol. The van der Waals surface area contributed by atoms with E-state index in [1.54, 1.807) is 20.8 Å². The van der Waals surface area contributed by atoms with Gasteiger partial charge in [0, 0.05) is 12.6 Å². The summed E-state index contributed by atoms with van der Waals surface area (Å²) in [7, 11) is -4.42. The van der Waals surface area contributed by atoms with Crippen LogP contribution in [0.15, 0.2) is 29.2 Å². The molecule has 0 fully saturated rings. The van der Waals surface area contributed by atoms with E-state index in [0.29, 0.717) is 10.7 Å². The molecule has 0 aliphatic rings. The van der Waals surface area contributed by atoms with Crippen LogP contribution in [-0.2, 0) is 14.8 Å². The van der Waals surface area contributed by atoms with Crippen LogP contribution in [-0.4, -0.2) is 35.9 Å². The lowest BCUT2D eigenvalue weighted by atomic mass is 10.1. The van der Waals surface area contributed by atoms with Crippen molar-refractivity contribution >= 4 is 21.8 Å². The number of nitrogens with zero attached hydrogens (tertiary/aromatic N) is 2. The van der Waals surface area contributed by atoms with Gasteiger partial charge in [-0.1, -0.05) is 44.7 Å². The predicted octanol–water partition coefficient (Wildman–Crippen LogP) is 4.49. The third-order valence-electron chi connectivity index (χ3n) is 3.69. The number of sulfonamides is 1. The second-order valence-electron chi connectivity index (χ2n) is 7.20. The number of para-hydroxylation sites is 1. The molecule has 8 nitrogen and oxygen atoms in total. The minimum Gasteiger partial charge on any atom is -0.443 e. The molecule has 0 spiro atoms. The van der Waals surface area contributed by atoms with Crippen molar-refractivity contribution in [3.8, 4) is 0 Å². The SMILES string of the molecule is CCCCCCCN(C(=O)OC(C)(C)C)S(=O)(=O)c1ccccc1[N+](=O)[O-]. The maximum absolute atomic E-state index is 13.0. The van der Waals surface area contributed by atoms with E-state index < -0.39 is 37.2 Å². The smallest absolute Gasteiger partial charge is 0.424 e. The lowest BCUT2D eigenvalue weighted by Gasteiger charge is -2.27. The maximum atomic E-state index is 13.0. The van der Waals surface area contributed by atoms with Crippen molar-refractivity contribution in [3.05, 3.63) is 34.4 Å². The molecule has 0 saturated heterocycles. The molecular formula is C18H28N2O6S. The van der Waals surface area contributed by atoms with E-state index in [1.165, 1.54) is 12.1 Å². The number of ether oxygens (including phenoxy) is 1. The van der Waals surface area contributed by atoms with Crippen LogP contribution in [0.1, 0.15) is 59.8 Å². The van der Waals surface area contributed by atoms with Gasteiger partial charge in [-0.3, -0.25) is 10.1 Å². The lowest BCUT2D eigenvalue weighted by molar-refractivity contribution is -0.387. The number of rotatable bonds is 9. The van der Waals surface area contributed by atoms with Gasteiger partial charge in [-0.25, -0.2) is 17.5 Å². The highest BCUT2D eigenvalue weighted by Gasteiger charge is 2.36. The Kier molecular flexibility index (Phi) is 8.20. The Bertz CT molecular complexity index is 755. The lowest BCUT2D eigenvalue weighted by Crippen LogP contribution is -2.41. The van der Waals surface area contributed by atoms with E-state index in [4.69, 9.17) is 4.74 Å². The quantitative estimate of drug-likeness (QED) is 0.343. The van der Waals surface area contributed by atoms with Gasteiger partial charge in [0.1, 0.15) is 5.60 Å². The molecule has 0 aromatic heterocycles. The number of hydrogen-bond acceptors (Lipinski definition) is 6. The zero-order chi connectivity index (χ0) is 20.7. The summed E-state index contributed by atoms with van der Waals surface area (Å²) in [5.74, 6) is 0. The third kappa shape index (κ3) is 6.82. The van der Waals surface area contributed by atoms with Gasteiger partial charge in [0.25, 0.3) is 15.7 Å². The number of hydrogen-bond donors (Lipinski definition) is 0. The summed E-state index contributed by atoms with van der Waals surface area (Å²) in [6.45, 7) is 6.85. The first-order chi connectivity index (χ1) is 12.5. The number of benzene rings is 1. The summed E-state index contributed by atoms with van der Waals surface area (Å²) in [5.41, 5.74) is -1.47. The summed E-state index contributed by atoms with van der Waals surface area (Å²) in [5, 5.41) is 11.2. The van der Waals surface area contributed by atoms with Gasteiger partial charge in [-0.2, -0.15) is 0 Å². The van der Waals surface area contributed by atoms with Crippen LogP contribution in [0.2, 0.25) is 0 Å². The van der Waals surface area contributed by atoms with Crippen molar-refractivity contribution in [2.45, 2.75) is 70.3 Å². The normalized spacial score (nSPS) is 11.9. The first kappa shape index (κ1) is 22.9. The van der Waals surface area contributed by atoms with E-state index in [0.717, 1.165) is 37.8 Å².